The first kappa shape index (κ1) is 19.1. The Labute approximate surface area is 140 Å². The number of hydrogen-bond donors (Lipinski definition) is 2. The molecule has 0 aliphatic rings. The molecule has 23 heavy (non-hydrogen) atoms. The van der Waals surface area contributed by atoms with E-state index in [0.29, 0.717) is 43.1 Å². The third kappa shape index (κ3) is 5.96. The van der Waals surface area contributed by atoms with Gasteiger partial charge in [0.15, 0.2) is 0 Å². The smallest absolute Gasteiger partial charge is 0.226 e. The zero-order chi connectivity index (χ0) is 15.9. The fourth-order valence-electron chi connectivity index (χ4n) is 1.88. The normalized spacial score (nSPS) is 11.6. The summed E-state index contributed by atoms with van der Waals surface area (Å²) in [6, 6.07) is 5.83. The van der Waals surface area contributed by atoms with E-state index in [1.54, 1.807) is 12.1 Å². The SMILES string of the molecule is C[C@@H](CN)NC(=O)CCCc1nc(-c2ccc(F)cc2)no1.Cl. The molecule has 6 nitrogen and oxygen atoms in total. The average molecular weight is 343 g/mol. The van der Waals surface area contributed by atoms with Gasteiger partial charge in [-0.15, -0.1) is 12.4 Å². The van der Waals surface area contributed by atoms with Gasteiger partial charge < -0.3 is 15.6 Å². The summed E-state index contributed by atoms with van der Waals surface area (Å²) in [4.78, 5) is 15.8. The van der Waals surface area contributed by atoms with Crippen LogP contribution in [0.25, 0.3) is 11.4 Å². The zero-order valence-corrected chi connectivity index (χ0v) is 13.6. The highest BCUT2D eigenvalue weighted by molar-refractivity contribution is 5.85. The molecule has 1 amide bonds. The number of aromatic nitrogens is 2. The summed E-state index contributed by atoms with van der Waals surface area (Å²) in [5.74, 6) is 0.511. The van der Waals surface area contributed by atoms with Crippen molar-refractivity contribution < 1.29 is 13.7 Å². The molecule has 0 bridgehead atoms. The summed E-state index contributed by atoms with van der Waals surface area (Å²) in [5.41, 5.74) is 6.12. The molecule has 8 heteroatoms. The lowest BCUT2D eigenvalue weighted by Gasteiger charge is -2.10. The van der Waals surface area contributed by atoms with Crippen LogP contribution in [0.1, 0.15) is 25.7 Å². The molecular weight excluding hydrogens is 323 g/mol. The van der Waals surface area contributed by atoms with Crippen molar-refractivity contribution in [3.05, 3.63) is 36.0 Å². The van der Waals surface area contributed by atoms with Gasteiger partial charge in [-0.05, 0) is 37.6 Å². The summed E-state index contributed by atoms with van der Waals surface area (Å²) in [6.45, 7) is 2.27. The van der Waals surface area contributed by atoms with Gasteiger partial charge in [0.2, 0.25) is 17.6 Å². The van der Waals surface area contributed by atoms with E-state index < -0.39 is 0 Å². The van der Waals surface area contributed by atoms with Gasteiger partial charge in [0.1, 0.15) is 5.82 Å². The Hall–Kier alpha value is -1.99. The predicted molar refractivity (Wildman–Crippen MR) is 86.5 cm³/mol. The van der Waals surface area contributed by atoms with Crippen molar-refractivity contribution >= 4 is 18.3 Å². The van der Waals surface area contributed by atoms with E-state index in [0.717, 1.165) is 0 Å². The van der Waals surface area contributed by atoms with Crippen molar-refractivity contribution in [1.29, 1.82) is 0 Å². The topological polar surface area (TPSA) is 94.0 Å². The molecule has 2 aromatic rings. The van der Waals surface area contributed by atoms with E-state index in [4.69, 9.17) is 10.3 Å². The number of benzene rings is 1. The Bertz CT molecular complexity index is 618. The third-order valence-corrected chi connectivity index (χ3v) is 3.13. The van der Waals surface area contributed by atoms with Crippen LogP contribution >= 0.6 is 12.4 Å². The molecule has 2 rings (SSSR count). The molecule has 0 spiro atoms. The molecule has 0 aliphatic carbocycles. The number of carbonyl (C=O) groups is 1. The standard InChI is InChI=1S/C15H19FN4O2.ClH/c1-10(9-17)18-13(21)3-2-4-14-19-15(20-22-14)11-5-7-12(16)8-6-11;/h5-8,10H,2-4,9,17H2,1H3,(H,18,21);1H/t10-;/m0./s1. The van der Waals surface area contributed by atoms with Gasteiger partial charge in [-0.2, -0.15) is 4.98 Å². The highest BCUT2D eigenvalue weighted by atomic mass is 35.5. The van der Waals surface area contributed by atoms with Crippen LogP contribution in [0.4, 0.5) is 4.39 Å². The van der Waals surface area contributed by atoms with Crippen LogP contribution in [0.5, 0.6) is 0 Å². The van der Waals surface area contributed by atoms with Gasteiger partial charge >= 0.3 is 0 Å². The quantitative estimate of drug-likeness (QED) is 0.803. The lowest BCUT2D eigenvalue weighted by molar-refractivity contribution is -0.121. The second-order valence-electron chi connectivity index (χ2n) is 5.08. The van der Waals surface area contributed by atoms with Gasteiger partial charge in [0, 0.05) is 31.0 Å². The van der Waals surface area contributed by atoms with Gasteiger partial charge in [0.25, 0.3) is 0 Å². The maximum Gasteiger partial charge on any atom is 0.226 e. The summed E-state index contributed by atoms with van der Waals surface area (Å²) < 4.78 is 18.0. The first-order valence-electron chi connectivity index (χ1n) is 7.16. The number of nitrogens with two attached hydrogens (primary N) is 1. The molecule has 0 fully saturated rings. The number of nitrogens with zero attached hydrogens (tertiary/aromatic N) is 2. The van der Waals surface area contributed by atoms with Crippen LogP contribution in [0.3, 0.4) is 0 Å². The van der Waals surface area contributed by atoms with E-state index >= 15 is 0 Å². The lowest BCUT2D eigenvalue weighted by Crippen LogP contribution is -2.37. The van der Waals surface area contributed by atoms with Crippen molar-refractivity contribution in [2.24, 2.45) is 5.73 Å². The van der Waals surface area contributed by atoms with Gasteiger partial charge in [-0.1, -0.05) is 5.16 Å². The molecule has 1 atom stereocenters. The Morgan fingerprint density at radius 2 is 2.09 bits per heavy atom. The Kier molecular flexibility index (Phi) is 7.64. The maximum absolute atomic E-state index is 12.9. The maximum atomic E-state index is 12.9. The zero-order valence-electron chi connectivity index (χ0n) is 12.8. The molecule has 0 saturated carbocycles. The summed E-state index contributed by atoms with van der Waals surface area (Å²) >= 11 is 0. The van der Waals surface area contributed by atoms with Crippen molar-refractivity contribution in [2.75, 3.05) is 6.54 Å². The first-order valence-corrected chi connectivity index (χ1v) is 7.16. The minimum absolute atomic E-state index is 0. The third-order valence-electron chi connectivity index (χ3n) is 3.13. The van der Waals surface area contributed by atoms with Crippen molar-refractivity contribution in [3.63, 3.8) is 0 Å². The number of carbonyl (C=O) groups excluding carboxylic acids is 1. The number of hydrogen-bond acceptors (Lipinski definition) is 5. The molecule has 1 aromatic heterocycles. The number of aryl methyl sites for hydroxylation is 1. The molecule has 0 unspecified atom stereocenters. The largest absolute Gasteiger partial charge is 0.352 e. The number of amides is 1. The van der Waals surface area contributed by atoms with Crippen molar-refractivity contribution in [3.8, 4) is 11.4 Å². The number of halogens is 2. The van der Waals surface area contributed by atoms with E-state index in [-0.39, 0.29) is 30.2 Å². The van der Waals surface area contributed by atoms with E-state index in [9.17, 15) is 9.18 Å². The van der Waals surface area contributed by atoms with Crippen molar-refractivity contribution in [1.82, 2.24) is 15.5 Å². The van der Waals surface area contributed by atoms with Crippen LogP contribution in [0, 0.1) is 5.82 Å². The Morgan fingerprint density at radius 3 is 2.74 bits per heavy atom. The molecule has 126 valence electrons. The molecule has 0 aliphatic heterocycles. The molecule has 0 radical (unpaired) electrons. The molecule has 1 heterocycles. The average Bonchev–Trinajstić information content (AvgIpc) is 2.96. The van der Waals surface area contributed by atoms with E-state index in [1.807, 2.05) is 6.92 Å². The molecule has 0 saturated heterocycles. The first-order chi connectivity index (χ1) is 10.6. The van der Waals surface area contributed by atoms with Gasteiger partial charge in [-0.3, -0.25) is 4.79 Å². The minimum Gasteiger partial charge on any atom is -0.352 e. The predicted octanol–water partition coefficient (Wildman–Crippen LogP) is 2.08. The lowest BCUT2D eigenvalue weighted by atomic mass is 10.2. The number of rotatable bonds is 7. The van der Waals surface area contributed by atoms with Crippen LogP contribution in [0.2, 0.25) is 0 Å². The van der Waals surface area contributed by atoms with Crippen molar-refractivity contribution in [2.45, 2.75) is 32.2 Å². The highest BCUT2D eigenvalue weighted by Crippen LogP contribution is 2.16. The molecular formula is C15H20ClFN4O2. The second-order valence-corrected chi connectivity index (χ2v) is 5.08. The van der Waals surface area contributed by atoms with Crippen LogP contribution in [-0.4, -0.2) is 28.6 Å². The number of nitrogens with one attached hydrogen (secondary N) is 1. The van der Waals surface area contributed by atoms with Crippen LogP contribution in [-0.2, 0) is 11.2 Å². The van der Waals surface area contributed by atoms with Gasteiger partial charge in [-0.25, -0.2) is 4.39 Å². The minimum atomic E-state index is -0.315. The fraction of sp³-hybridized carbons (Fsp3) is 0.400. The van der Waals surface area contributed by atoms with Crippen LogP contribution in [0.15, 0.2) is 28.8 Å². The van der Waals surface area contributed by atoms with Gasteiger partial charge in [0.05, 0.1) is 0 Å². The fourth-order valence-corrected chi connectivity index (χ4v) is 1.88. The summed E-state index contributed by atoms with van der Waals surface area (Å²) in [5, 5.41) is 6.64. The molecule has 1 aromatic carbocycles. The van der Waals surface area contributed by atoms with E-state index in [1.165, 1.54) is 12.1 Å². The summed E-state index contributed by atoms with van der Waals surface area (Å²) in [7, 11) is 0. The summed E-state index contributed by atoms with van der Waals surface area (Å²) in [6.07, 6.45) is 1.49. The Morgan fingerprint density at radius 1 is 1.39 bits per heavy atom. The Balaban J connectivity index is 0.00000264. The second kappa shape index (κ2) is 9.22. The monoisotopic (exact) mass is 342 g/mol. The highest BCUT2D eigenvalue weighted by Gasteiger charge is 2.10. The van der Waals surface area contributed by atoms with Crippen LogP contribution < -0.4 is 11.1 Å². The molecule has 3 N–H and O–H groups in total. The van der Waals surface area contributed by atoms with E-state index in [2.05, 4.69) is 15.5 Å².